The topological polar surface area (TPSA) is 66.5 Å². The second-order valence-corrected chi connectivity index (χ2v) is 8.37. The molecule has 1 saturated heterocycles. The maximum atomic E-state index is 12.2. The molecule has 0 amide bonds. The first kappa shape index (κ1) is 12.6. The van der Waals surface area contributed by atoms with Gasteiger partial charge in [0.05, 0.1) is 49.3 Å². The molecule has 0 atom stereocenters. The largest absolute Gasteiger partial charge is 0.501 e. The van der Waals surface area contributed by atoms with E-state index in [1.165, 1.54) is 22.8 Å². The second kappa shape index (κ2) is 6.67. The van der Waals surface area contributed by atoms with E-state index < -0.39 is 71.6 Å². The molecule has 1 aliphatic heterocycles. The predicted octanol–water partition coefficient (Wildman–Crippen LogP) is 4.99. The number of nitro benzene ring substituents is 1. The van der Waals surface area contributed by atoms with Gasteiger partial charge in [0.25, 0.3) is 5.69 Å². The number of para-hydroxylation sites is 2. The molecule has 0 aliphatic carbocycles. The van der Waals surface area contributed by atoms with Crippen LogP contribution in [-0.4, -0.2) is 27.8 Å². The summed E-state index contributed by atoms with van der Waals surface area (Å²) in [7, 11) is -1.06. The van der Waals surface area contributed by atoms with Gasteiger partial charge in [-0.15, -0.1) is 0 Å². The monoisotopic (exact) mass is 422 g/mol. The number of fused-ring (bicyclic) bond motifs is 3. The van der Waals surface area contributed by atoms with Crippen molar-refractivity contribution in [2.45, 2.75) is 38.9 Å². The van der Waals surface area contributed by atoms with Crippen molar-refractivity contribution in [2.75, 3.05) is 0 Å². The Bertz CT molecular complexity index is 1660. The standard InChI is InChI=1S/C24H23BN2O4/c1-23(2)24(3,4)31-25(30-23)19-14-13-16(15-22(19)27(28)29)26-20-11-7-5-9-17(20)18-10-6-8-12-21(18)26/h5-15H,1-4H3/i5D,6D,7D,8D,9D,10D,11D,12D. The molecule has 3 aromatic carbocycles. The summed E-state index contributed by atoms with van der Waals surface area (Å²) in [6.07, 6.45) is 0. The van der Waals surface area contributed by atoms with Crippen LogP contribution in [0.3, 0.4) is 0 Å². The third-order valence-corrected chi connectivity index (χ3v) is 6.01. The van der Waals surface area contributed by atoms with Crippen molar-refractivity contribution in [1.82, 2.24) is 4.57 Å². The van der Waals surface area contributed by atoms with Crippen LogP contribution in [0.4, 0.5) is 5.69 Å². The summed E-state index contributed by atoms with van der Waals surface area (Å²) in [4.78, 5) is 11.6. The fourth-order valence-electron chi connectivity index (χ4n) is 3.68. The highest BCUT2D eigenvalue weighted by molar-refractivity contribution is 6.63. The fraction of sp³-hybridized carbons (Fsp3) is 0.250. The minimum absolute atomic E-state index is 0.0667. The number of aromatic nitrogens is 1. The van der Waals surface area contributed by atoms with Crippen LogP contribution in [0.15, 0.2) is 66.5 Å². The van der Waals surface area contributed by atoms with E-state index in [-0.39, 0.29) is 38.6 Å². The molecule has 31 heavy (non-hydrogen) atoms. The lowest BCUT2D eigenvalue weighted by Gasteiger charge is -2.32. The minimum Gasteiger partial charge on any atom is -0.399 e. The minimum atomic E-state index is -1.06. The molecule has 1 fully saturated rings. The summed E-state index contributed by atoms with van der Waals surface area (Å²) < 4.78 is 80.1. The first-order valence-corrected chi connectivity index (χ1v) is 9.67. The highest BCUT2D eigenvalue weighted by Crippen LogP contribution is 2.38. The smallest absolute Gasteiger partial charge is 0.399 e. The van der Waals surface area contributed by atoms with Gasteiger partial charge in [-0.25, -0.2) is 0 Å². The van der Waals surface area contributed by atoms with Crippen LogP contribution in [0.1, 0.15) is 38.7 Å². The number of hydrogen-bond acceptors (Lipinski definition) is 4. The van der Waals surface area contributed by atoms with Gasteiger partial charge in [-0.1, -0.05) is 42.3 Å². The van der Waals surface area contributed by atoms with Crippen LogP contribution in [0.5, 0.6) is 0 Å². The van der Waals surface area contributed by atoms with E-state index in [2.05, 4.69) is 0 Å². The summed E-state index contributed by atoms with van der Waals surface area (Å²) in [5.41, 5.74) is -1.96. The molecule has 156 valence electrons. The summed E-state index contributed by atoms with van der Waals surface area (Å²) in [6.45, 7) is 7.24. The Morgan fingerprint density at radius 1 is 0.935 bits per heavy atom. The van der Waals surface area contributed by atoms with E-state index in [9.17, 15) is 10.1 Å². The lowest BCUT2D eigenvalue weighted by Crippen LogP contribution is -2.41. The van der Waals surface area contributed by atoms with Gasteiger partial charge in [-0.2, -0.15) is 0 Å². The van der Waals surface area contributed by atoms with Gasteiger partial charge < -0.3 is 13.9 Å². The predicted molar refractivity (Wildman–Crippen MR) is 123 cm³/mol. The van der Waals surface area contributed by atoms with Gasteiger partial charge in [-0.3, -0.25) is 10.1 Å². The molecule has 6 nitrogen and oxygen atoms in total. The molecule has 0 bridgehead atoms. The molecule has 1 aliphatic rings. The van der Waals surface area contributed by atoms with Crippen molar-refractivity contribution in [3.05, 3.63) is 76.7 Å². The van der Waals surface area contributed by atoms with E-state index in [4.69, 9.17) is 20.3 Å². The Morgan fingerprint density at radius 2 is 1.45 bits per heavy atom. The summed E-state index contributed by atoms with van der Waals surface area (Å²) in [5, 5.41) is 12.0. The number of nitro groups is 1. The first-order valence-electron chi connectivity index (χ1n) is 13.7. The number of nitrogens with zero attached hydrogens (tertiary/aromatic N) is 2. The third kappa shape index (κ3) is 2.96. The Balaban J connectivity index is 1.90. The SMILES string of the molecule is [2H]c1c([2H])c([2H])c2c(c1[2H])c1c([2H])c([2H])c([2H])c([2H])c1n2-c1ccc(B2OC(C)(C)C(C)(C)O2)c([N+](=O)[O-])c1. The van der Waals surface area contributed by atoms with E-state index in [1.807, 2.05) is 27.7 Å². The zero-order valence-corrected chi connectivity index (χ0v) is 17.3. The van der Waals surface area contributed by atoms with Crippen molar-refractivity contribution in [2.24, 2.45) is 0 Å². The Labute approximate surface area is 191 Å². The van der Waals surface area contributed by atoms with Crippen LogP contribution in [0.2, 0.25) is 0 Å². The van der Waals surface area contributed by atoms with E-state index >= 15 is 0 Å². The molecule has 0 spiro atoms. The zero-order valence-electron chi connectivity index (χ0n) is 25.3. The Kier molecular flexibility index (Phi) is 2.72. The Morgan fingerprint density at radius 3 is 1.97 bits per heavy atom. The highest BCUT2D eigenvalue weighted by Gasteiger charge is 2.53. The van der Waals surface area contributed by atoms with Crippen LogP contribution < -0.4 is 5.46 Å². The van der Waals surface area contributed by atoms with Gasteiger partial charge >= 0.3 is 7.12 Å². The maximum absolute atomic E-state index is 12.2. The molecule has 1 aromatic heterocycles. The van der Waals surface area contributed by atoms with Crippen molar-refractivity contribution in [3.8, 4) is 5.69 Å². The summed E-state index contributed by atoms with van der Waals surface area (Å²) in [6, 6.07) is -0.159. The average molecular weight is 422 g/mol. The molecule has 5 rings (SSSR count). The van der Waals surface area contributed by atoms with Crippen LogP contribution >= 0.6 is 0 Å². The summed E-state index contributed by atoms with van der Waals surface area (Å²) in [5.74, 6) is 0. The molecular formula is C24H23BN2O4. The number of rotatable bonds is 3. The fourth-order valence-corrected chi connectivity index (χ4v) is 3.68. The van der Waals surface area contributed by atoms with Crippen molar-refractivity contribution in [3.63, 3.8) is 0 Å². The van der Waals surface area contributed by atoms with Gasteiger partial charge in [-0.05, 0) is 45.8 Å². The quantitative estimate of drug-likeness (QED) is 0.265. The molecule has 7 heteroatoms. The second-order valence-electron chi connectivity index (χ2n) is 8.37. The van der Waals surface area contributed by atoms with Crippen molar-refractivity contribution < 1.29 is 25.2 Å². The number of benzene rings is 3. The Hall–Kier alpha value is -3.16. The molecule has 0 radical (unpaired) electrons. The van der Waals surface area contributed by atoms with Crippen molar-refractivity contribution in [1.29, 1.82) is 0 Å². The average Bonchev–Trinajstić information content (AvgIpc) is 3.34. The molecular weight excluding hydrogens is 391 g/mol. The number of hydrogen-bond donors (Lipinski definition) is 0. The van der Waals surface area contributed by atoms with Crippen LogP contribution in [0, 0.1) is 10.1 Å². The summed E-state index contributed by atoms with van der Waals surface area (Å²) >= 11 is 0. The maximum Gasteiger partial charge on any atom is 0.501 e. The lowest BCUT2D eigenvalue weighted by molar-refractivity contribution is -0.383. The zero-order chi connectivity index (χ0) is 28.9. The van der Waals surface area contributed by atoms with Crippen molar-refractivity contribution >= 4 is 40.1 Å². The molecule has 0 unspecified atom stereocenters. The van der Waals surface area contributed by atoms with Gasteiger partial charge in [0, 0.05) is 16.8 Å². The van der Waals surface area contributed by atoms with E-state index in [1.54, 1.807) is 0 Å². The van der Waals surface area contributed by atoms with Gasteiger partial charge in [0.15, 0.2) is 0 Å². The van der Waals surface area contributed by atoms with Crippen LogP contribution in [0.25, 0.3) is 27.5 Å². The molecule has 4 aromatic rings. The highest BCUT2D eigenvalue weighted by atomic mass is 16.7. The molecule has 2 heterocycles. The van der Waals surface area contributed by atoms with Gasteiger partial charge in [0.2, 0.25) is 0 Å². The lowest BCUT2D eigenvalue weighted by atomic mass is 9.77. The van der Waals surface area contributed by atoms with E-state index in [0.717, 1.165) is 0 Å². The molecule has 0 N–H and O–H groups in total. The van der Waals surface area contributed by atoms with Crippen LogP contribution in [-0.2, 0) is 9.31 Å². The normalized spacial score (nSPS) is 21.1. The third-order valence-electron chi connectivity index (χ3n) is 6.01. The molecule has 0 saturated carbocycles. The van der Waals surface area contributed by atoms with E-state index in [0.29, 0.717) is 0 Å². The van der Waals surface area contributed by atoms with Gasteiger partial charge in [0.1, 0.15) is 0 Å². The first-order chi connectivity index (χ1) is 18.0.